The van der Waals surface area contributed by atoms with Gasteiger partial charge in [-0.3, -0.25) is 0 Å². The van der Waals surface area contributed by atoms with Crippen LogP contribution in [0.3, 0.4) is 0 Å². The Morgan fingerprint density at radius 1 is 0.643 bits per heavy atom. The third kappa shape index (κ3) is 20.1. The largest absolute Gasteiger partial charge is 0.380 e. The number of unbranched alkanes of at least 4 members (excludes halogenated alkanes) is 16. The van der Waals surface area contributed by atoms with Crippen LogP contribution in [0.1, 0.15) is 149 Å². The van der Waals surface area contributed by atoms with Crippen LogP contribution in [0.5, 0.6) is 0 Å². The maximum Gasteiger partial charge on any atom is 0.0533 e. The van der Waals surface area contributed by atoms with Crippen molar-refractivity contribution in [3.63, 3.8) is 0 Å². The van der Waals surface area contributed by atoms with Crippen molar-refractivity contribution in [2.45, 2.75) is 155 Å². The summed E-state index contributed by atoms with van der Waals surface area (Å²) in [6, 6.07) is 0.556. The molecule has 0 heterocycles. The summed E-state index contributed by atoms with van der Waals surface area (Å²) in [5.41, 5.74) is 4.33. The summed E-state index contributed by atoms with van der Waals surface area (Å²) in [6.07, 6.45) is 27.9. The second kappa shape index (κ2) is 22.6. The standard InChI is InChI=1S/C27H53N/c1-5-8-9-10-11-12-13-14-15-16-17-18-19-20-21-22-23-25-27(7-3)28-26(4)24-6-2/h26,28H,3,5-6,8-25H2,1-2,4H3. The van der Waals surface area contributed by atoms with E-state index in [2.05, 4.69) is 38.4 Å². The van der Waals surface area contributed by atoms with E-state index >= 15 is 0 Å². The number of hydrogen-bond acceptors (Lipinski definition) is 1. The summed E-state index contributed by atoms with van der Waals surface area (Å²) < 4.78 is 0. The zero-order valence-electron chi connectivity index (χ0n) is 19.9. The molecule has 0 aliphatic heterocycles. The van der Waals surface area contributed by atoms with Crippen molar-refractivity contribution in [1.82, 2.24) is 5.32 Å². The molecule has 1 heteroatoms. The first-order chi connectivity index (χ1) is 13.7. The molecule has 28 heavy (non-hydrogen) atoms. The molecular weight excluding hydrogens is 338 g/mol. The molecular formula is C27H53N. The van der Waals surface area contributed by atoms with E-state index < -0.39 is 0 Å². The number of allylic oxidation sites excluding steroid dienone is 1. The van der Waals surface area contributed by atoms with Gasteiger partial charge in [0, 0.05) is 6.04 Å². The number of hydrogen-bond donors (Lipinski definition) is 1. The second-order valence-corrected chi connectivity index (χ2v) is 8.90. The molecule has 0 rings (SSSR count). The van der Waals surface area contributed by atoms with Crippen LogP contribution in [0.25, 0.3) is 0 Å². The van der Waals surface area contributed by atoms with E-state index in [4.69, 9.17) is 0 Å². The Morgan fingerprint density at radius 3 is 1.39 bits per heavy atom. The van der Waals surface area contributed by atoms with Crippen LogP contribution in [0.15, 0.2) is 18.0 Å². The van der Waals surface area contributed by atoms with Gasteiger partial charge in [0.05, 0.1) is 5.70 Å². The quantitative estimate of drug-likeness (QED) is 0.143. The zero-order valence-corrected chi connectivity index (χ0v) is 19.9. The molecule has 1 atom stereocenters. The molecule has 0 aromatic carbocycles. The smallest absolute Gasteiger partial charge is 0.0533 e. The minimum Gasteiger partial charge on any atom is -0.380 e. The first-order valence-corrected chi connectivity index (χ1v) is 12.9. The Balaban J connectivity index is 3.26. The molecule has 0 aromatic heterocycles. The van der Waals surface area contributed by atoms with Gasteiger partial charge >= 0.3 is 0 Å². The minimum atomic E-state index is 0.556. The zero-order chi connectivity index (χ0) is 20.7. The van der Waals surface area contributed by atoms with E-state index in [1.54, 1.807) is 0 Å². The summed E-state index contributed by atoms with van der Waals surface area (Å²) in [6.45, 7) is 10.6. The summed E-state index contributed by atoms with van der Waals surface area (Å²) in [5.74, 6) is 0. The molecule has 1 unspecified atom stereocenters. The molecule has 0 aromatic rings. The predicted octanol–water partition coefficient (Wildman–Crippen LogP) is 9.48. The Kier molecular flexibility index (Phi) is 22.1. The number of rotatable bonds is 22. The van der Waals surface area contributed by atoms with Crippen LogP contribution in [0.4, 0.5) is 0 Å². The molecule has 0 radical (unpaired) electrons. The summed E-state index contributed by atoms with van der Waals surface area (Å²) >= 11 is 0. The van der Waals surface area contributed by atoms with Crippen molar-refractivity contribution in [3.8, 4) is 0 Å². The molecule has 0 aliphatic rings. The lowest BCUT2D eigenvalue weighted by atomic mass is 10.0. The molecule has 0 bridgehead atoms. The molecule has 0 saturated carbocycles. The highest BCUT2D eigenvalue weighted by molar-refractivity contribution is 4.97. The fourth-order valence-electron chi connectivity index (χ4n) is 4.04. The van der Waals surface area contributed by atoms with Gasteiger partial charge in [-0.1, -0.05) is 130 Å². The van der Waals surface area contributed by atoms with Crippen molar-refractivity contribution in [2.24, 2.45) is 0 Å². The average molecular weight is 392 g/mol. The van der Waals surface area contributed by atoms with E-state index in [1.165, 1.54) is 128 Å². The third-order valence-electron chi connectivity index (χ3n) is 5.89. The monoisotopic (exact) mass is 391 g/mol. The van der Waals surface area contributed by atoms with Crippen molar-refractivity contribution in [3.05, 3.63) is 18.0 Å². The van der Waals surface area contributed by atoms with E-state index in [1.807, 2.05) is 0 Å². The van der Waals surface area contributed by atoms with E-state index in [-0.39, 0.29) is 0 Å². The highest BCUT2D eigenvalue weighted by Crippen LogP contribution is 2.15. The molecule has 0 amide bonds. The molecule has 1 nitrogen and oxygen atoms in total. The first-order valence-electron chi connectivity index (χ1n) is 12.9. The van der Waals surface area contributed by atoms with Crippen molar-refractivity contribution in [1.29, 1.82) is 0 Å². The lowest BCUT2D eigenvalue weighted by Gasteiger charge is -2.15. The van der Waals surface area contributed by atoms with Gasteiger partial charge in [0.25, 0.3) is 0 Å². The van der Waals surface area contributed by atoms with Gasteiger partial charge < -0.3 is 5.32 Å². The van der Waals surface area contributed by atoms with Crippen molar-refractivity contribution < 1.29 is 0 Å². The SMILES string of the molecule is C=C=C(CCCCCCCCCCCCCCCCCCC)NC(C)CCC. The van der Waals surface area contributed by atoms with Crippen LogP contribution in [0, 0.1) is 0 Å². The molecule has 0 saturated heterocycles. The third-order valence-corrected chi connectivity index (χ3v) is 5.89. The fraction of sp³-hybridized carbons (Fsp3) is 0.889. The van der Waals surface area contributed by atoms with Gasteiger partial charge in [0.2, 0.25) is 0 Å². The maximum absolute atomic E-state index is 3.84. The topological polar surface area (TPSA) is 12.0 Å². The van der Waals surface area contributed by atoms with Crippen LogP contribution in [-0.4, -0.2) is 6.04 Å². The second-order valence-electron chi connectivity index (χ2n) is 8.90. The van der Waals surface area contributed by atoms with E-state index in [0.29, 0.717) is 6.04 Å². The molecule has 1 N–H and O–H groups in total. The molecule has 0 fully saturated rings. The molecule has 0 spiro atoms. The minimum absolute atomic E-state index is 0.556. The Hall–Kier alpha value is -0.680. The van der Waals surface area contributed by atoms with Gasteiger partial charge in [0.1, 0.15) is 0 Å². The summed E-state index contributed by atoms with van der Waals surface area (Å²) in [4.78, 5) is 0. The molecule has 0 aliphatic carbocycles. The Labute approximate surface area is 178 Å². The van der Waals surface area contributed by atoms with Gasteiger partial charge in [-0.25, -0.2) is 0 Å². The predicted molar refractivity (Wildman–Crippen MR) is 129 cm³/mol. The highest BCUT2D eigenvalue weighted by atomic mass is 14.9. The Morgan fingerprint density at radius 2 is 1.04 bits per heavy atom. The van der Waals surface area contributed by atoms with Crippen LogP contribution in [-0.2, 0) is 0 Å². The van der Waals surface area contributed by atoms with Crippen LogP contribution < -0.4 is 5.32 Å². The van der Waals surface area contributed by atoms with Gasteiger partial charge in [-0.15, -0.1) is 5.73 Å². The maximum atomic E-state index is 3.84. The summed E-state index contributed by atoms with van der Waals surface area (Å²) in [7, 11) is 0. The molecule has 166 valence electrons. The van der Waals surface area contributed by atoms with Crippen molar-refractivity contribution in [2.75, 3.05) is 0 Å². The first kappa shape index (κ1) is 27.3. The van der Waals surface area contributed by atoms with Crippen molar-refractivity contribution >= 4 is 0 Å². The highest BCUT2D eigenvalue weighted by Gasteiger charge is 2.02. The number of nitrogens with one attached hydrogen (secondary N) is 1. The summed E-state index contributed by atoms with van der Waals surface area (Å²) in [5, 5.41) is 3.57. The average Bonchev–Trinajstić information content (AvgIpc) is 2.69. The van der Waals surface area contributed by atoms with Crippen LogP contribution >= 0.6 is 0 Å². The Bertz CT molecular complexity index is 353. The van der Waals surface area contributed by atoms with E-state index in [9.17, 15) is 0 Å². The van der Waals surface area contributed by atoms with Crippen LogP contribution in [0.2, 0.25) is 0 Å². The lowest BCUT2D eigenvalue weighted by molar-refractivity contribution is 0.519. The van der Waals surface area contributed by atoms with Gasteiger partial charge in [0.15, 0.2) is 0 Å². The lowest BCUT2D eigenvalue weighted by Crippen LogP contribution is -2.24. The van der Waals surface area contributed by atoms with Gasteiger partial charge in [-0.05, 0) is 26.2 Å². The normalized spacial score (nSPS) is 12.0. The van der Waals surface area contributed by atoms with Gasteiger partial charge in [-0.2, -0.15) is 0 Å². The fourth-order valence-corrected chi connectivity index (χ4v) is 4.04. The van der Waals surface area contributed by atoms with E-state index in [0.717, 1.165) is 6.42 Å².